The van der Waals surface area contributed by atoms with E-state index < -0.39 is 18.4 Å². The van der Waals surface area contributed by atoms with Gasteiger partial charge in [-0.15, -0.1) is 0 Å². The van der Waals surface area contributed by atoms with Gasteiger partial charge < -0.3 is 9.47 Å². The molecule has 0 heterocycles. The van der Waals surface area contributed by atoms with Crippen molar-refractivity contribution in [1.29, 1.82) is 0 Å². The third kappa shape index (κ3) is 5.56. The lowest BCUT2D eigenvalue weighted by Crippen LogP contribution is -2.15. The summed E-state index contributed by atoms with van der Waals surface area (Å²) in [5.74, 6) is -1.22. The van der Waals surface area contributed by atoms with E-state index in [-0.39, 0.29) is 28.6 Å². The standard InChI is InChI=1S/C22H15Cl2FO4/c23-15-7-10-17(19(24)11-15)20(26)13-29-22(27)18-3-1-2-4-21(18)28-12-14-5-8-16(25)9-6-14/h1-11H,12-13H2. The molecular weight excluding hydrogens is 418 g/mol. The normalized spacial score (nSPS) is 10.4. The molecule has 0 bridgehead atoms. The van der Waals surface area contributed by atoms with Crippen LogP contribution in [0.15, 0.2) is 66.7 Å². The molecule has 0 N–H and O–H groups in total. The number of ether oxygens (including phenoxy) is 2. The minimum Gasteiger partial charge on any atom is -0.488 e. The monoisotopic (exact) mass is 432 g/mol. The molecule has 0 aliphatic carbocycles. The largest absolute Gasteiger partial charge is 0.488 e. The van der Waals surface area contributed by atoms with Gasteiger partial charge in [0.25, 0.3) is 0 Å². The summed E-state index contributed by atoms with van der Waals surface area (Å²) in [6.45, 7) is -0.337. The Bertz CT molecular complexity index is 1040. The molecular formula is C22H15Cl2FO4. The number of rotatable bonds is 7. The zero-order chi connectivity index (χ0) is 20.8. The number of carbonyl (C=O) groups excluding carboxylic acids is 2. The highest BCUT2D eigenvalue weighted by Crippen LogP contribution is 2.23. The van der Waals surface area contributed by atoms with Crippen molar-refractivity contribution in [1.82, 2.24) is 0 Å². The van der Waals surface area contributed by atoms with Crippen molar-refractivity contribution in [2.45, 2.75) is 6.61 Å². The van der Waals surface area contributed by atoms with Crippen LogP contribution in [0.2, 0.25) is 10.0 Å². The first-order chi connectivity index (χ1) is 13.9. The van der Waals surface area contributed by atoms with Crippen LogP contribution in [0.1, 0.15) is 26.3 Å². The SMILES string of the molecule is O=C(COC(=O)c1ccccc1OCc1ccc(F)cc1)c1ccc(Cl)cc1Cl. The van der Waals surface area contributed by atoms with Gasteiger partial charge in [-0.05, 0) is 48.0 Å². The molecule has 3 rings (SSSR count). The molecule has 0 saturated carbocycles. The quantitative estimate of drug-likeness (QED) is 0.352. The molecule has 0 spiro atoms. The minimum atomic E-state index is -0.710. The minimum absolute atomic E-state index is 0.143. The lowest BCUT2D eigenvalue weighted by atomic mass is 10.1. The number of para-hydroxylation sites is 1. The maximum Gasteiger partial charge on any atom is 0.342 e. The average molecular weight is 433 g/mol. The molecule has 0 amide bonds. The Labute approximate surface area is 176 Å². The van der Waals surface area contributed by atoms with Crippen molar-refractivity contribution in [2.75, 3.05) is 6.61 Å². The molecule has 0 aliphatic heterocycles. The fourth-order valence-electron chi connectivity index (χ4n) is 2.51. The van der Waals surface area contributed by atoms with Gasteiger partial charge in [0.1, 0.15) is 23.7 Å². The molecule has 3 aromatic carbocycles. The van der Waals surface area contributed by atoms with E-state index in [0.717, 1.165) is 5.56 Å². The summed E-state index contributed by atoms with van der Waals surface area (Å²) in [5, 5.41) is 0.581. The number of halogens is 3. The molecule has 0 radical (unpaired) electrons. The number of hydrogen-bond acceptors (Lipinski definition) is 4. The highest BCUT2D eigenvalue weighted by molar-refractivity contribution is 6.36. The van der Waals surface area contributed by atoms with Crippen molar-refractivity contribution in [3.63, 3.8) is 0 Å². The Morgan fingerprint density at radius 2 is 1.62 bits per heavy atom. The Kier molecular flexibility index (Phi) is 6.86. The Morgan fingerprint density at radius 3 is 2.34 bits per heavy atom. The number of hydrogen-bond donors (Lipinski definition) is 0. The molecule has 7 heteroatoms. The lowest BCUT2D eigenvalue weighted by Gasteiger charge is -2.11. The second-order valence-corrected chi connectivity index (χ2v) is 6.88. The highest BCUT2D eigenvalue weighted by atomic mass is 35.5. The summed E-state index contributed by atoms with van der Waals surface area (Å²) < 4.78 is 23.8. The van der Waals surface area contributed by atoms with Crippen LogP contribution in [-0.2, 0) is 11.3 Å². The van der Waals surface area contributed by atoms with Crippen LogP contribution in [0.25, 0.3) is 0 Å². The molecule has 148 valence electrons. The molecule has 4 nitrogen and oxygen atoms in total. The zero-order valence-corrected chi connectivity index (χ0v) is 16.5. The van der Waals surface area contributed by atoms with Gasteiger partial charge in [0.05, 0.1) is 5.02 Å². The highest BCUT2D eigenvalue weighted by Gasteiger charge is 2.17. The van der Waals surface area contributed by atoms with Crippen LogP contribution < -0.4 is 4.74 Å². The number of carbonyl (C=O) groups is 2. The Morgan fingerprint density at radius 1 is 0.897 bits per heavy atom. The third-order valence-electron chi connectivity index (χ3n) is 3.98. The van der Waals surface area contributed by atoms with E-state index in [1.54, 1.807) is 30.3 Å². The van der Waals surface area contributed by atoms with Gasteiger partial charge in [0.15, 0.2) is 6.61 Å². The van der Waals surface area contributed by atoms with Crippen LogP contribution in [0.4, 0.5) is 4.39 Å². The zero-order valence-electron chi connectivity index (χ0n) is 15.0. The second kappa shape index (κ2) is 9.54. The van der Waals surface area contributed by atoms with E-state index in [0.29, 0.717) is 10.8 Å². The summed E-state index contributed by atoms with van der Waals surface area (Å²) in [4.78, 5) is 24.7. The second-order valence-electron chi connectivity index (χ2n) is 6.03. The molecule has 0 aliphatic rings. The molecule has 0 aromatic heterocycles. The fourth-order valence-corrected chi connectivity index (χ4v) is 3.02. The van der Waals surface area contributed by atoms with Crippen molar-refractivity contribution >= 4 is 35.0 Å². The smallest absolute Gasteiger partial charge is 0.342 e. The molecule has 3 aromatic rings. The van der Waals surface area contributed by atoms with Crippen LogP contribution in [0.3, 0.4) is 0 Å². The number of Topliss-reactive ketones (excluding diaryl/α,β-unsaturated/α-hetero) is 1. The predicted molar refractivity (Wildman–Crippen MR) is 108 cm³/mol. The summed E-state index contributed by atoms with van der Waals surface area (Å²) in [5.41, 5.74) is 1.12. The lowest BCUT2D eigenvalue weighted by molar-refractivity contribution is 0.0470. The predicted octanol–water partition coefficient (Wildman–Crippen LogP) is 5.75. The van der Waals surface area contributed by atoms with E-state index >= 15 is 0 Å². The van der Waals surface area contributed by atoms with Gasteiger partial charge in [-0.1, -0.05) is 47.5 Å². The summed E-state index contributed by atoms with van der Waals surface area (Å²) >= 11 is 11.8. The first-order valence-electron chi connectivity index (χ1n) is 8.55. The topological polar surface area (TPSA) is 52.6 Å². The van der Waals surface area contributed by atoms with E-state index in [9.17, 15) is 14.0 Å². The Hall–Kier alpha value is -2.89. The first kappa shape index (κ1) is 20.8. The van der Waals surface area contributed by atoms with Crippen LogP contribution >= 0.6 is 23.2 Å². The maximum absolute atomic E-state index is 13.0. The molecule has 0 unspecified atom stereocenters. The molecule has 0 atom stereocenters. The van der Waals surface area contributed by atoms with Gasteiger partial charge >= 0.3 is 5.97 Å². The van der Waals surface area contributed by atoms with Crippen LogP contribution in [-0.4, -0.2) is 18.4 Å². The number of ketones is 1. The van der Waals surface area contributed by atoms with Gasteiger partial charge in [0.2, 0.25) is 5.78 Å². The maximum atomic E-state index is 13.0. The van der Waals surface area contributed by atoms with E-state index in [4.69, 9.17) is 32.7 Å². The number of esters is 1. The van der Waals surface area contributed by atoms with Gasteiger partial charge in [0, 0.05) is 10.6 Å². The third-order valence-corrected chi connectivity index (χ3v) is 4.53. The van der Waals surface area contributed by atoms with E-state index in [1.165, 1.54) is 36.4 Å². The van der Waals surface area contributed by atoms with Crippen molar-refractivity contribution in [3.8, 4) is 5.75 Å². The molecule has 29 heavy (non-hydrogen) atoms. The summed E-state index contributed by atoms with van der Waals surface area (Å²) in [6.07, 6.45) is 0. The fraction of sp³-hybridized carbons (Fsp3) is 0.0909. The number of benzene rings is 3. The van der Waals surface area contributed by atoms with Gasteiger partial charge in [-0.2, -0.15) is 0 Å². The molecule has 0 fully saturated rings. The van der Waals surface area contributed by atoms with Crippen molar-refractivity contribution in [3.05, 3.63) is 99.3 Å². The van der Waals surface area contributed by atoms with Crippen molar-refractivity contribution in [2.24, 2.45) is 0 Å². The Balaban J connectivity index is 1.64. The van der Waals surface area contributed by atoms with Gasteiger partial charge in [-0.3, -0.25) is 4.79 Å². The molecule has 0 saturated heterocycles. The summed E-state index contributed by atoms with van der Waals surface area (Å²) in [6, 6.07) is 16.8. The van der Waals surface area contributed by atoms with E-state index in [1.807, 2.05) is 0 Å². The van der Waals surface area contributed by atoms with Crippen LogP contribution in [0.5, 0.6) is 5.75 Å². The van der Waals surface area contributed by atoms with Crippen LogP contribution in [0, 0.1) is 5.82 Å². The van der Waals surface area contributed by atoms with E-state index in [2.05, 4.69) is 0 Å². The first-order valence-corrected chi connectivity index (χ1v) is 9.31. The average Bonchev–Trinajstić information content (AvgIpc) is 2.71. The summed E-state index contributed by atoms with van der Waals surface area (Å²) in [7, 11) is 0. The van der Waals surface area contributed by atoms with Gasteiger partial charge in [-0.25, -0.2) is 9.18 Å². The van der Waals surface area contributed by atoms with Crippen molar-refractivity contribution < 1.29 is 23.5 Å².